The Labute approximate surface area is 104 Å². The van der Waals surface area contributed by atoms with Gasteiger partial charge in [-0.15, -0.1) is 0 Å². The molecule has 1 rings (SSSR count). The molecular formula is C10H13ClN2O2S. The molecule has 0 amide bonds. The first-order valence-electron chi connectivity index (χ1n) is 4.88. The monoisotopic (exact) mass is 260 g/mol. The minimum atomic E-state index is -0.276. The molecule has 1 heterocycles. The van der Waals surface area contributed by atoms with E-state index >= 15 is 0 Å². The second-order valence-corrected chi connectivity index (χ2v) is 4.39. The summed E-state index contributed by atoms with van der Waals surface area (Å²) in [5.41, 5.74) is 0.903. The zero-order valence-corrected chi connectivity index (χ0v) is 10.8. The van der Waals surface area contributed by atoms with Crippen molar-refractivity contribution in [2.24, 2.45) is 0 Å². The largest absolute Gasteiger partial charge is 0.468 e. The number of methoxy groups -OCH3 is 1. The summed E-state index contributed by atoms with van der Waals surface area (Å²) in [7, 11) is 1.36. The first-order chi connectivity index (χ1) is 7.69. The Morgan fingerprint density at radius 2 is 2.31 bits per heavy atom. The van der Waals surface area contributed by atoms with Crippen molar-refractivity contribution < 1.29 is 9.53 Å². The van der Waals surface area contributed by atoms with Gasteiger partial charge in [-0.2, -0.15) is 0 Å². The van der Waals surface area contributed by atoms with Crippen LogP contribution in [0, 0.1) is 0 Å². The van der Waals surface area contributed by atoms with E-state index in [2.05, 4.69) is 21.6 Å². The summed E-state index contributed by atoms with van der Waals surface area (Å²) in [5.74, 6) is -0.0391. The van der Waals surface area contributed by atoms with Crippen LogP contribution in [-0.4, -0.2) is 28.8 Å². The SMILES string of the molecule is CCCc1c(Cl)ncnc1SCC(=O)OC. The number of carbonyl (C=O) groups is 1. The van der Waals surface area contributed by atoms with Gasteiger partial charge in [-0.3, -0.25) is 4.79 Å². The summed E-state index contributed by atoms with van der Waals surface area (Å²) in [4.78, 5) is 19.1. The highest BCUT2D eigenvalue weighted by molar-refractivity contribution is 7.99. The smallest absolute Gasteiger partial charge is 0.316 e. The minimum Gasteiger partial charge on any atom is -0.468 e. The summed E-state index contributed by atoms with van der Waals surface area (Å²) >= 11 is 7.30. The van der Waals surface area contributed by atoms with Crippen molar-refractivity contribution in [3.05, 3.63) is 17.0 Å². The molecule has 88 valence electrons. The van der Waals surface area contributed by atoms with Gasteiger partial charge >= 0.3 is 5.97 Å². The Morgan fingerprint density at radius 3 is 2.94 bits per heavy atom. The van der Waals surface area contributed by atoms with Crippen LogP contribution in [0.15, 0.2) is 11.4 Å². The van der Waals surface area contributed by atoms with Crippen LogP contribution in [0.5, 0.6) is 0 Å². The molecule has 16 heavy (non-hydrogen) atoms. The highest BCUT2D eigenvalue weighted by atomic mass is 35.5. The average molecular weight is 261 g/mol. The van der Waals surface area contributed by atoms with Gasteiger partial charge < -0.3 is 4.74 Å². The first kappa shape index (κ1) is 13.3. The molecule has 0 aliphatic carbocycles. The molecule has 0 fully saturated rings. The van der Waals surface area contributed by atoms with E-state index in [1.807, 2.05) is 0 Å². The number of thioether (sulfide) groups is 1. The molecular weight excluding hydrogens is 248 g/mol. The molecule has 0 aliphatic heterocycles. The lowest BCUT2D eigenvalue weighted by Crippen LogP contribution is -2.04. The van der Waals surface area contributed by atoms with Crippen molar-refractivity contribution in [3.8, 4) is 0 Å². The molecule has 0 atom stereocenters. The second-order valence-electron chi connectivity index (χ2n) is 3.06. The summed E-state index contributed by atoms with van der Waals surface area (Å²) in [6.07, 6.45) is 3.17. The van der Waals surface area contributed by atoms with E-state index in [0.717, 1.165) is 23.4 Å². The van der Waals surface area contributed by atoms with Crippen molar-refractivity contribution in [2.45, 2.75) is 24.8 Å². The summed E-state index contributed by atoms with van der Waals surface area (Å²) in [6.45, 7) is 2.05. The van der Waals surface area contributed by atoms with Crippen LogP contribution in [0.2, 0.25) is 5.15 Å². The van der Waals surface area contributed by atoms with Gasteiger partial charge in [0.15, 0.2) is 0 Å². The van der Waals surface area contributed by atoms with Crippen molar-refractivity contribution in [1.29, 1.82) is 0 Å². The number of rotatable bonds is 5. The van der Waals surface area contributed by atoms with Crippen molar-refractivity contribution in [3.63, 3.8) is 0 Å². The van der Waals surface area contributed by atoms with Gasteiger partial charge in [0, 0.05) is 5.56 Å². The molecule has 4 nitrogen and oxygen atoms in total. The molecule has 0 radical (unpaired) electrons. The normalized spacial score (nSPS) is 10.2. The number of carbonyl (C=O) groups excluding carboxylic acids is 1. The van der Waals surface area contributed by atoms with Gasteiger partial charge in [0.25, 0.3) is 0 Å². The average Bonchev–Trinajstić information content (AvgIpc) is 2.29. The van der Waals surface area contributed by atoms with Crippen LogP contribution in [0.1, 0.15) is 18.9 Å². The topological polar surface area (TPSA) is 52.1 Å². The van der Waals surface area contributed by atoms with Gasteiger partial charge in [0.2, 0.25) is 0 Å². The molecule has 1 aromatic heterocycles. The van der Waals surface area contributed by atoms with Crippen LogP contribution < -0.4 is 0 Å². The molecule has 0 aliphatic rings. The molecule has 0 bridgehead atoms. The predicted octanol–water partition coefficient (Wildman–Crippen LogP) is 2.35. The fourth-order valence-corrected chi connectivity index (χ4v) is 2.30. The highest BCUT2D eigenvalue weighted by Gasteiger charge is 2.11. The van der Waals surface area contributed by atoms with Crippen molar-refractivity contribution in [2.75, 3.05) is 12.9 Å². The Hall–Kier alpha value is -0.810. The van der Waals surface area contributed by atoms with E-state index in [-0.39, 0.29) is 11.7 Å². The predicted molar refractivity (Wildman–Crippen MR) is 63.8 cm³/mol. The van der Waals surface area contributed by atoms with E-state index in [9.17, 15) is 4.79 Å². The highest BCUT2D eigenvalue weighted by Crippen LogP contribution is 2.25. The van der Waals surface area contributed by atoms with E-state index < -0.39 is 0 Å². The summed E-state index contributed by atoms with van der Waals surface area (Å²) < 4.78 is 4.57. The van der Waals surface area contributed by atoms with Gasteiger partial charge in [0.1, 0.15) is 16.5 Å². The molecule has 1 aromatic rings. The minimum absolute atomic E-state index is 0.237. The third-order valence-electron chi connectivity index (χ3n) is 1.91. The Balaban J connectivity index is 2.78. The number of halogens is 1. The number of esters is 1. The molecule has 0 saturated heterocycles. The lowest BCUT2D eigenvalue weighted by Gasteiger charge is -2.07. The molecule has 0 aromatic carbocycles. The Morgan fingerprint density at radius 1 is 1.56 bits per heavy atom. The molecule has 0 unspecified atom stereocenters. The first-order valence-corrected chi connectivity index (χ1v) is 6.24. The summed E-state index contributed by atoms with van der Waals surface area (Å²) in [6, 6.07) is 0. The van der Waals surface area contributed by atoms with Crippen molar-refractivity contribution in [1.82, 2.24) is 9.97 Å². The van der Waals surface area contributed by atoms with Crippen LogP contribution in [0.3, 0.4) is 0 Å². The van der Waals surface area contributed by atoms with E-state index in [1.165, 1.54) is 25.2 Å². The third kappa shape index (κ3) is 3.64. The Kier molecular flexibility index (Phi) is 5.55. The Bertz CT molecular complexity index is 374. The second kappa shape index (κ2) is 6.70. The molecule has 6 heteroatoms. The van der Waals surface area contributed by atoms with Crippen LogP contribution in [-0.2, 0) is 16.0 Å². The van der Waals surface area contributed by atoms with Crippen LogP contribution in [0.4, 0.5) is 0 Å². The fourth-order valence-electron chi connectivity index (χ4n) is 1.15. The van der Waals surface area contributed by atoms with E-state index in [1.54, 1.807) is 0 Å². The number of nitrogens with zero attached hydrogens (tertiary/aromatic N) is 2. The number of hydrogen-bond donors (Lipinski definition) is 0. The number of aromatic nitrogens is 2. The quantitative estimate of drug-likeness (QED) is 0.462. The molecule has 0 N–H and O–H groups in total. The lowest BCUT2D eigenvalue weighted by molar-refractivity contribution is -0.137. The maximum absolute atomic E-state index is 11.0. The molecule has 0 saturated carbocycles. The van der Waals surface area contributed by atoms with E-state index in [0.29, 0.717) is 5.15 Å². The van der Waals surface area contributed by atoms with E-state index in [4.69, 9.17) is 11.6 Å². The maximum atomic E-state index is 11.0. The van der Waals surface area contributed by atoms with Gasteiger partial charge in [-0.25, -0.2) is 9.97 Å². The number of ether oxygens (including phenoxy) is 1. The van der Waals surface area contributed by atoms with Crippen LogP contribution >= 0.6 is 23.4 Å². The standard InChI is InChI=1S/C10H13ClN2O2S/c1-3-4-7-9(11)12-6-13-10(7)16-5-8(14)15-2/h6H,3-5H2,1-2H3. The van der Waals surface area contributed by atoms with Gasteiger partial charge in [-0.1, -0.05) is 36.7 Å². The van der Waals surface area contributed by atoms with Gasteiger partial charge in [0.05, 0.1) is 12.9 Å². The van der Waals surface area contributed by atoms with Crippen molar-refractivity contribution >= 4 is 29.3 Å². The summed E-state index contributed by atoms with van der Waals surface area (Å²) in [5, 5.41) is 1.22. The molecule has 0 spiro atoms. The maximum Gasteiger partial charge on any atom is 0.316 e. The van der Waals surface area contributed by atoms with Crippen LogP contribution in [0.25, 0.3) is 0 Å². The lowest BCUT2D eigenvalue weighted by atomic mass is 10.2. The fraction of sp³-hybridized carbons (Fsp3) is 0.500. The van der Waals surface area contributed by atoms with Gasteiger partial charge in [-0.05, 0) is 6.42 Å². The number of hydrogen-bond acceptors (Lipinski definition) is 5. The third-order valence-corrected chi connectivity index (χ3v) is 3.24. The zero-order chi connectivity index (χ0) is 12.0. The zero-order valence-electron chi connectivity index (χ0n) is 9.20.